The van der Waals surface area contributed by atoms with Crippen LogP contribution in [0.3, 0.4) is 0 Å². The molecule has 0 saturated heterocycles. The van der Waals surface area contributed by atoms with Crippen molar-refractivity contribution < 1.29 is 4.74 Å². The quantitative estimate of drug-likeness (QED) is 0.567. The first kappa shape index (κ1) is 16.4. The Hall–Kier alpha value is -1.000. The molecule has 1 aromatic heterocycles. The van der Waals surface area contributed by atoms with Crippen LogP contribution in [0.4, 0.5) is 0 Å². The maximum Gasteiger partial charge on any atom is 0.150 e. The first-order chi connectivity index (χ1) is 10.1. The van der Waals surface area contributed by atoms with Gasteiger partial charge in [-0.05, 0) is 25.1 Å². The number of pyridine rings is 1. The molecule has 0 aliphatic rings. The van der Waals surface area contributed by atoms with E-state index in [1.54, 1.807) is 24.5 Å². The topological polar surface area (TPSA) is 34.2 Å². The molecule has 0 atom stereocenters. The Morgan fingerprint density at radius 2 is 1.86 bits per heavy atom. The monoisotopic (exact) mass is 344 g/mol. The van der Waals surface area contributed by atoms with E-state index < -0.39 is 0 Å². The van der Waals surface area contributed by atoms with Crippen molar-refractivity contribution in [2.45, 2.75) is 19.9 Å². The standard InChI is InChI=1S/C15H15Cl3N2O/c1-2-4-19-8-10-3-5-20-9-15(10)21-14-7-12(17)11(16)6-13(14)18/h3,5-7,9,19H,2,4,8H2,1H3. The maximum atomic E-state index is 6.13. The molecule has 0 spiro atoms. The molecule has 0 bridgehead atoms. The summed E-state index contributed by atoms with van der Waals surface area (Å²) < 4.78 is 5.83. The smallest absolute Gasteiger partial charge is 0.150 e. The molecule has 3 nitrogen and oxygen atoms in total. The number of ether oxygens (including phenoxy) is 1. The minimum atomic E-state index is 0.394. The molecule has 0 saturated carbocycles. The number of hydrogen-bond acceptors (Lipinski definition) is 3. The second-order valence-electron chi connectivity index (χ2n) is 4.46. The lowest BCUT2D eigenvalue weighted by atomic mass is 10.2. The summed E-state index contributed by atoms with van der Waals surface area (Å²) in [5.41, 5.74) is 1.00. The summed E-state index contributed by atoms with van der Waals surface area (Å²) in [5.74, 6) is 1.09. The zero-order valence-corrected chi connectivity index (χ0v) is 13.8. The summed E-state index contributed by atoms with van der Waals surface area (Å²) in [4.78, 5) is 4.08. The largest absolute Gasteiger partial charge is 0.454 e. The molecule has 0 radical (unpaired) electrons. The van der Waals surface area contributed by atoms with Gasteiger partial charge in [-0.25, -0.2) is 0 Å². The van der Waals surface area contributed by atoms with Crippen molar-refractivity contribution in [2.75, 3.05) is 6.54 Å². The van der Waals surface area contributed by atoms with E-state index in [1.807, 2.05) is 6.07 Å². The molecular weight excluding hydrogens is 331 g/mol. The Labute approximate surface area is 139 Å². The highest BCUT2D eigenvalue weighted by atomic mass is 35.5. The second kappa shape index (κ2) is 7.85. The number of hydrogen-bond donors (Lipinski definition) is 1. The summed E-state index contributed by atoms with van der Waals surface area (Å²) >= 11 is 18.0. The van der Waals surface area contributed by atoms with Gasteiger partial charge in [0, 0.05) is 24.4 Å². The third kappa shape index (κ3) is 4.48. The van der Waals surface area contributed by atoms with Crippen molar-refractivity contribution >= 4 is 34.8 Å². The van der Waals surface area contributed by atoms with E-state index in [4.69, 9.17) is 39.5 Å². The number of aromatic nitrogens is 1. The highest BCUT2D eigenvalue weighted by Crippen LogP contribution is 2.36. The van der Waals surface area contributed by atoms with E-state index in [-0.39, 0.29) is 0 Å². The Morgan fingerprint density at radius 1 is 1.10 bits per heavy atom. The summed E-state index contributed by atoms with van der Waals surface area (Å²) in [6.45, 7) is 3.76. The number of rotatable bonds is 6. The van der Waals surface area contributed by atoms with Gasteiger partial charge in [0.2, 0.25) is 0 Å². The van der Waals surface area contributed by atoms with Crippen LogP contribution in [-0.4, -0.2) is 11.5 Å². The van der Waals surface area contributed by atoms with Crippen LogP contribution in [0.1, 0.15) is 18.9 Å². The van der Waals surface area contributed by atoms with Crippen LogP contribution in [-0.2, 0) is 6.54 Å². The van der Waals surface area contributed by atoms with Crippen molar-refractivity contribution in [3.63, 3.8) is 0 Å². The Balaban J connectivity index is 2.21. The average molecular weight is 346 g/mol. The van der Waals surface area contributed by atoms with Crippen LogP contribution < -0.4 is 10.1 Å². The van der Waals surface area contributed by atoms with E-state index in [1.165, 1.54) is 0 Å². The van der Waals surface area contributed by atoms with E-state index in [0.29, 0.717) is 33.1 Å². The van der Waals surface area contributed by atoms with Crippen LogP contribution >= 0.6 is 34.8 Å². The lowest BCUT2D eigenvalue weighted by Gasteiger charge is -2.13. The molecular formula is C15H15Cl3N2O. The van der Waals surface area contributed by atoms with Crippen LogP contribution in [0.15, 0.2) is 30.6 Å². The molecule has 1 heterocycles. The van der Waals surface area contributed by atoms with E-state index >= 15 is 0 Å². The van der Waals surface area contributed by atoms with Crippen molar-refractivity contribution in [2.24, 2.45) is 0 Å². The second-order valence-corrected chi connectivity index (χ2v) is 5.68. The van der Waals surface area contributed by atoms with E-state index in [0.717, 1.165) is 18.5 Å². The van der Waals surface area contributed by atoms with Gasteiger partial charge in [0.25, 0.3) is 0 Å². The first-order valence-corrected chi connectivity index (χ1v) is 7.71. The Morgan fingerprint density at radius 3 is 2.62 bits per heavy atom. The van der Waals surface area contributed by atoms with Gasteiger partial charge in [0.05, 0.1) is 21.3 Å². The van der Waals surface area contributed by atoms with E-state index in [2.05, 4.69) is 17.2 Å². The van der Waals surface area contributed by atoms with Gasteiger partial charge >= 0.3 is 0 Å². The molecule has 2 rings (SSSR count). The fourth-order valence-corrected chi connectivity index (χ4v) is 2.32. The van der Waals surface area contributed by atoms with Gasteiger partial charge in [-0.1, -0.05) is 41.7 Å². The van der Waals surface area contributed by atoms with Crippen LogP contribution in [0, 0.1) is 0 Å². The average Bonchev–Trinajstić information content (AvgIpc) is 2.47. The molecule has 21 heavy (non-hydrogen) atoms. The van der Waals surface area contributed by atoms with Gasteiger partial charge in [0.1, 0.15) is 11.5 Å². The summed E-state index contributed by atoms with van der Waals surface area (Å²) in [6, 6.07) is 5.07. The molecule has 0 fully saturated rings. The van der Waals surface area contributed by atoms with Crippen LogP contribution in [0.2, 0.25) is 15.1 Å². The molecule has 1 aromatic carbocycles. The lowest BCUT2D eigenvalue weighted by molar-refractivity contribution is 0.470. The maximum absolute atomic E-state index is 6.13. The zero-order chi connectivity index (χ0) is 15.2. The third-order valence-corrected chi connectivity index (χ3v) is 3.82. The van der Waals surface area contributed by atoms with Gasteiger partial charge in [-0.15, -0.1) is 0 Å². The highest BCUT2D eigenvalue weighted by Gasteiger charge is 2.10. The van der Waals surface area contributed by atoms with Gasteiger partial charge in [0.15, 0.2) is 0 Å². The SMILES string of the molecule is CCCNCc1ccncc1Oc1cc(Cl)c(Cl)cc1Cl. The molecule has 0 unspecified atom stereocenters. The third-order valence-electron chi connectivity index (χ3n) is 2.81. The minimum Gasteiger partial charge on any atom is -0.454 e. The fraction of sp³-hybridized carbons (Fsp3) is 0.267. The number of halogens is 3. The normalized spacial score (nSPS) is 10.7. The lowest BCUT2D eigenvalue weighted by Crippen LogP contribution is -2.14. The van der Waals surface area contributed by atoms with Crippen molar-refractivity contribution in [1.29, 1.82) is 0 Å². The summed E-state index contributed by atoms with van der Waals surface area (Å²) in [5, 5.41) is 4.52. The summed E-state index contributed by atoms with van der Waals surface area (Å²) in [7, 11) is 0. The van der Waals surface area contributed by atoms with E-state index in [9.17, 15) is 0 Å². The number of benzene rings is 1. The van der Waals surface area contributed by atoms with Crippen molar-refractivity contribution in [3.8, 4) is 11.5 Å². The molecule has 0 aliphatic carbocycles. The zero-order valence-electron chi connectivity index (χ0n) is 11.5. The minimum absolute atomic E-state index is 0.394. The predicted octanol–water partition coefficient (Wildman–Crippen LogP) is 5.33. The van der Waals surface area contributed by atoms with Crippen LogP contribution in [0.5, 0.6) is 11.5 Å². The molecule has 0 aliphatic heterocycles. The number of nitrogens with one attached hydrogen (secondary N) is 1. The van der Waals surface area contributed by atoms with Crippen molar-refractivity contribution in [1.82, 2.24) is 10.3 Å². The van der Waals surface area contributed by atoms with Crippen LogP contribution in [0.25, 0.3) is 0 Å². The highest BCUT2D eigenvalue weighted by molar-refractivity contribution is 6.43. The number of nitrogens with zero attached hydrogens (tertiary/aromatic N) is 1. The van der Waals surface area contributed by atoms with Gasteiger partial charge in [-0.2, -0.15) is 0 Å². The predicted molar refractivity (Wildman–Crippen MR) is 87.8 cm³/mol. The Kier molecular flexibility index (Phi) is 6.12. The van der Waals surface area contributed by atoms with Gasteiger partial charge < -0.3 is 10.1 Å². The van der Waals surface area contributed by atoms with Gasteiger partial charge in [-0.3, -0.25) is 4.98 Å². The summed E-state index contributed by atoms with van der Waals surface area (Å²) in [6.07, 6.45) is 4.45. The first-order valence-electron chi connectivity index (χ1n) is 6.57. The fourth-order valence-electron chi connectivity index (χ4n) is 1.75. The molecule has 1 N–H and O–H groups in total. The Bertz CT molecular complexity index is 620. The van der Waals surface area contributed by atoms with Crippen molar-refractivity contribution in [3.05, 3.63) is 51.2 Å². The molecule has 6 heteroatoms. The molecule has 0 amide bonds. The molecule has 112 valence electrons. The molecule has 2 aromatic rings.